The number of nitro groups is 1. The third-order valence-electron chi connectivity index (χ3n) is 2.29. The van der Waals surface area contributed by atoms with Crippen molar-refractivity contribution in [1.82, 2.24) is 5.43 Å². The lowest BCUT2D eigenvalue weighted by atomic mass is 10.2. The Morgan fingerprint density at radius 3 is 2.55 bits per heavy atom. The fourth-order valence-electron chi connectivity index (χ4n) is 1.35. The number of thiophene rings is 1. The van der Waals surface area contributed by atoms with E-state index in [1.54, 1.807) is 0 Å². The average Bonchev–Trinajstić information content (AvgIpc) is 2.84. The molecule has 20 heavy (non-hydrogen) atoms. The highest BCUT2D eigenvalue weighted by molar-refractivity contribution is 9.11. The molecule has 0 bridgehead atoms. The summed E-state index contributed by atoms with van der Waals surface area (Å²) in [5.74, 6) is -0.424. The molecule has 1 aromatic heterocycles. The second kappa shape index (κ2) is 6.40. The van der Waals surface area contributed by atoms with Crippen LogP contribution in [0.1, 0.15) is 15.2 Å². The van der Waals surface area contributed by atoms with Crippen molar-refractivity contribution in [2.75, 3.05) is 0 Å². The van der Waals surface area contributed by atoms with Gasteiger partial charge in [0.05, 0.1) is 14.9 Å². The molecule has 0 aliphatic carbocycles. The molecule has 0 saturated heterocycles. The summed E-state index contributed by atoms with van der Waals surface area (Å²) in [5.41, 5.74) is 2.60. The maximum atomic E-state index is 11.7. The number of carbonyl (C=O) groups excluding carboxylic acids is 1. The Bertz CT molecular complexity index is 667. The van der Waals surface area contributed by atoms with Crippen LogP contribution in [0.4, 0.5) is 5.69 Å². The molecule has 0 unspecified atom stereocenters. The zero-order valence-corrected chi connectivity index (χ0v) is 12.3. The van der Waals surface area contributed by atoms with Crippen LogP contribution in [0.2, 0.25) is 0 Å². The van der Waals surface area contributed by atoms with Gasteiger partial charge in [-0.2, -0.15) is 5.10 Å². The number of carbonyl (C=O) groups is 1. The average molecular weight is 354 g/mol. The summed E-state index contributed by atoms with van der Waals surface area (Å²) in [6.07, 6.45) is 1.53. The Hall–Kier alpha value is -2.06. The van der Waals surface area contributed by atoms with Gasteiger partial charge in [-0.3, -0.25) is 14.9 Å². The highest BCUT2D eigenvalue weighted by atomic mass is 79.9. The number of hydrogen-bond acceptors (Lipinski definition) is 5. The van der Waals surface area contributed by atoms with Crippen molar-refractivity contribution in [3.8, 4) is 0 Å². The lowest BCUT2D eigenvalue weighted by Crippen LogP contribution is -2.17. The van der Waals surface area contributed by atoms with Crippen molar-refractivity contribution in [1.29, 1.82) is 0 Å². The monoisotopic (exact) mass is 353 g/mol. The van der Waals surface area contributed by atoms with Crippen LogP contribution in [-0.4, -0.2) is 17.0 Å². The van der Waals surface area contributed by atoms with Crippen LogP contribution in [0, 0.1) is 10.1 Å². The van der Waals surface area contributed by atoms with Crippen LogP contribution in [0.3, 0.4) is 0 Å². The molecule has 1 amide bonds. The summed E-state index contributed by atoms with van der Waals surface area (Å²) in [6.45, 7) is 0. The van der Waals surface area contributed by atoms with Gasteiger partial charge >= 0.3 is 0 Å². The van der Waals surface area contributed by atoms with Crippen LogP contribution in [-0.2, 0) is 0 Å². The molecule has 2 aromatic rings. The fraction of sp³-hybridized carbons (Fsp3) is 0. The molecule has 1 N–H and O–H groups in total. The molecule has 6 nitrogen and oxygen atoms in total. The standard InChI is InChI=1S/C12H8BrN3O3S/c13-11-6-5-10(20-11)7-14-15-12(17)8-1-3-9(4-2-8)16(18)19/h1-7H,(H,15,17)/b14-7+. The zero-order chi connectivity index (χ0) is 14.5. The van der Waals surface area contributed by atoms with E-state index in [-0.39, 0.29) is 5.69 Å². The summed E-state index contributed by atoms with van der Waals surface area (Å²) < 4.78 is 0.973. The number of hydrogen-bond donors (Lipinski definition) is 1. The first-order valence-electron chi connectivity index (χ1n) is 5.39. The number of halogens is 1. The lowest BCUT2D eigenvalue weighted by Gasteiger charge is -1.98. The molecule has 0 aliphatic heterocycles. The van der Waals surface area contributed by atoms with Crippen LogP contribution in [0.5, 0.6) is 0 Å². The van der Waals surface area contributed by atoms with Gasteiger partial charge in [0.1, 0.15) is 0 Å². The normalized spacial score (nSPS) is 10.7. The predicted octanol–water partition coefficient (Wildman–Crippen LogP) is 3.18. The summed E-state index contributed by atoms with van der Waals surface area (Å²) in [5, 5.41) is 14.3. The second-order valence-corrected chi connectivity index (χ2v) is 6.14. The van der Waals surface area contributed by atoms with Crippen molar-refractivity contribution in [3.05, 3.63) is 60.7 Å². The first-order valence-corrected chi connectivity index (χ1v) is 7.00. The largest absolute Gasteiger partial charge is 0.271 e. The van der Waals surface area contributed by atoms with E-state index >= 15 is 0 Å². The van der Waals surface area contributed by atoms with E-state index in [1.165, 1.54) is 41.8 Å². The zero-order valence-electron chi connectivity index (χ0n) is 9.95. The van der Waals surface area contributed by atoms with E-state index in [1.807, 2.05) is 12.1 Å². The molecule has 0 fully saturated rings. The molecule has 0 radical (unpaired) electrons. The van der Waals surface area contributed by atoms with E-state index in [0.717, 1.165) is 8.66 Å². The van der Waals surface area contributed by atoms with Crippen LogP contribution in [0.15, 0.2) is 45.3 Å². The first kappa shape index (κ1) is 14.4. The van der Waals surface area contributed by atoms with E-state index in [4.69, 9.17) is 0 Å². The first-order chi connectivity index (χ1) is 9.56. The predicted molar refractivity (Wildman–Crippen MR) is 80.2 cm³/mol. The minimum absolute atomic E-state index is 0.0616. The van der Waals surface area contributed by atoms with Crippen LogP contribution >= 0.6 is 27.3 Å². The Morgan fingerprint density at radius 2 is 2.00 bits per heavy atom. The molecule has 0 spiro atoms. The Morgan fingerprint density at radius 1 is 1.30 bits per heavy atom. The fourth-order valence-corrected chi connectivity index (χ4v) is 2.65. The van der Waals surface area contributed by atoms with Crippen molar-refractivity contribution in [2.45, 2.75) is 0 Å². The van der Waals surface area contributed by atoms with Crippen molar-refractivity contribution < 1.29 is 9.72 Å². The van der Waals surface area contributed by atoms with Gasteiger partial charge in [0, 0.05) is 22.6 Å². The van der Waals surface area contributed by atoms with Gasteiger partial charge in [0.25, 0.3) is 11.6 Å². The van der Waals surface area contributed by atoms with E-state index in [0.29, 0.717) is 5.56 Å². The van der Waals surface area contributed by atoms with Gasteiger partial charge in [-0.15, -0.1) is 11.3 Å². The van der Waals surface area contributed by atoms with Gasteiger partial charge in [-0.25, -0.2) is 5.43 Å². The SMILES string of the molecule is O=C(N/N=C/c1ccc(Br)s1)c1ccc([N+](=O)[O-])cc1. The molecule has 1 aromatic carbocycles. The van der Waals surface area contributed by atoms with Crippen molar-refractivity contribution in [3.63, 3.8) is 0 Å². The van der Waals surface area contributed by atoms with E-state index in [9.17, 15) is 14.9 Å². The molecule has 8 heteroatoms. The lowest BCUT2D eigenvalue weighted by molar-refractivity contribution is -0.384. The topological polar surface area (TPSA) is 84.6 Å². The third-order valence-corrected chi connectivity index (χ3v) is 3.85. The van der Waals surface area contributed by atoms with Crippen LogP contribution in [0.25, 0.3) is 0 Å². The highest BCUT2D eigenvalue weighted by Gasteiger charge is 2.08. The Labute approximate surface area is 126 Å². The number of benzene rings is 1. The van der Waals surface area contributed by atoms with Gasteiger partial charge in [0.15, 0.2) is 0 Å². The maximum Gasteiger partial charge on any atom is 0.271 e. The minimum Gasteiger partial charge on any atom is -0.267 e. The van der Waals surface area contributed by atoms with Gasteiger partial charge < -0.3 is 0 Å². The maximum absolute atomic E-state index is 11.7. The van der Waals surface area contributed by atoms with Gasteiger partial charge in [-0.05, 0) is 40.2 Å². The number of rotatable bonds is 4. The molecule has 102 valence electrons. The minimum atomic E-state index is -0.519. The summed E-state index contributed by atoms with van der Waals surface area (Å²) >= 11 is 4.80. The number of nitrogens with one attached hydrogen (secondary N) is 1. The van der Waals surface area contributed by atoms with E-state index in [2.05, 4.69) is 26.5 Å². The van der Waals surface area contributed by atoms with E-state index < -0.39 is 10.8 Å². The van der Waals surface area contributed by atoms with Gasteiger partial charge in [-0.1, -0.05) is 0 Å². The number of amides is 1. The molecule has 0 saturated carbocycles. The number of non-ortho nitro benzene ring substituents is 1. The number of nitrogens with zero attached hydrogens (tertiary/aromatic N) is 2. The number of nitro benzene ring substituents is 1. The Balaban J connectivity index is 1.98. The highest BCUT2D eigenvalue weighted by Crippen LogP contribution is 2.20. The molecular weight excluding hydrogens is 346 g/mol. The quantitative estimate of drug-likeness (QED) is 0.520. The summed E-state index contributed by atoms with van der Waals surface area (Å²) in [4.78, 5) is 22.6. The van der Waals surface area contributed by atoms with Crippen molar-refractivity contribution in [2.24, 2.45) is 5.10 Å². The Kier molecular flexibility index (Phi) is 4.59. The molecule has 0 aliphatic rings. The molecular formula is C12H8BrN3O3S. The molecule has 1 heterocycles. The smallest absolute Gasteiger partial charge is 0.267 e. The third kappa shape index (κ3) is 3.72. The van der Waals surface area contributed by atoms with Gasteiger partial charge in [0.2, 0.25) is 0 Å². The molecule has 0 atom stereocenters. The van der Waals surface area contributed by atoms with Crippen molar-refractivity contribution >= 4 is 45.1 Å². The van der Waals surface area contributed by atoms with Crippen LogP contribution < -0.4 is 5.43 Å². The second-order valence-electron chi connectivity index (χ2n) is 3.64. The summed E-state index contributed by atoms with van der Waals surface area (Å²) in [7, 11) is 0. The molecule has 2 rings (SSSR count). The summed E-state index contributed by atoms with van der Waals surface area (Å²) in [6, 6.07) is 9.04. The number of hydrazone groups is 1.